The van der Waals surface area contributed by atoms with Crippen LogP contribution < -0.4 is 10.7 Å². The number of carbonyl (C=O) groups excluding carboxylic acids is 1. The van der Waals surface area contributed by atoms with Crippen LogP contribution in [0.5, 0.6) is 0 Å². The summed E-state index contributed by atoms with van der Waals surface area (Å²) in [6.07, 6.45) is 2.56. The van der Waals surface area contributed by atoms with Gasteiger partial charge in [-0.15, -0.1) is 0 Å². The van der Waals surface area contributed by atoms with Crippen molar-refractivity contribution in [1.82, 2.24) is 4.57 Å². The van der Waals surface area contributed by atoms with E-state index in [0.29, 0.717) is 11.1 Å². The number of anilines is 1. The van der Waals surface area contributed by atoms with E-state index in [4.69, 9.17) is 0 Å². The van der Waals surface area contributed by atoms with E-state index >= 15 is 0 Å². The number of nitrogens with one attached hydrogen (secondary N) is 1. The molecule has 0 saturated heterocycles. The van der Waals surface area contributed by atoms with Gasteiger partial charge < -0.3 is 9.88 Å². The molecule has 3 aromatic rings. The van der Waals surface area contributed by atoms with Crippen LogP contribution in [0.3, 0.4) is 0 Å². The number of hydrogen-bond donors (Lipinski definition) is 1. The van der Waals surface area contributed by atoms with Gasteiger partial charge in [-0.2, -0.15) is 0 Å². The van der Waals surface area contributed by atoms with E-state index in [1.165, 1.54) is 0 Å². The molecule has 26 heavy (non-hydrogen) atoms. The van der Waals surface area contributed by atoms with Crippen molar-refractivity contribution < 1.29 is 4.79 Å². The average molecular weight is 411 g/mol. The number of halogens is 1. The van der Waals surface area contributed by atoms with Gasteiger partial charge in [0.15, 0.2) is 0 Å². The first kappa shape index (κ1) is 17.0. The molecular weight excluding hydrogens is 392 g/mol. The lowest BCUT2D eigenvalue weighted by Gasteiger charge is -2.13. The van der Waals surface area contributed by atoms with Gasteiger partial charge in [-0.25, -0.2) is 0 Å². The third-order valence-corrected chi connectivity index (χ3v) is 5.34. The summed E-state index contributed by atoms with van der Waals surface area (Å²) in [5, 5.41) is 3.47. The van der Waals surface area contributed by atoms with Crippen LogP contribution in [0.4, 0.5) is 5.69 Å². The fourth-order valence-corrected chi connectivity index (χ4v) is 4.37. The highest BCUT2D eigenvalue weighted by molar-refractivity contribution is 9.10. The van der Waals surface area contributed by atoms with E-state index in [0.717, 1.165) is 33.1 Å². The molecule has 1 N–H and O–H groups in total. The van der Waals surface area contributed by atoms with Gasteiger partial charge in [0.25, 0.3) is 5.91 Å². The first-order valence-electron chi connectivity index (χ1n) is 8.60. The Hall–Kier alpha value is -2.40. The Morgan fingerprint density at radius 1 is 1.15 bits per heavy atom. The Labute approximate surface area is 160 Å². The topological polar surface area (TPSA) is 51.1 Å². The predicted molar refractivity (Wildman–Crippen MR) is 108 cm³/mol. The Balaban J connectivity index is 1.84. The molecule has 0 radical (unpaired) electrons. The standard InChI is InChI=1S/C21H19BrN2O2/c1-11-4-12(2)6-16(5-11)23-21(26)18-10-24-13(3)7-14-8-15(22)9-17(19(14)24)20(18)25/h4-6,8-10,13H,7H2,1-3H3,(H,23,26)/t13-/m0/s1. The minimum atomic E-state index is -0.369. The molecule has 1 aliphatic rings. The lowest BCUT2D eigenvalue weighted by Crippen LogP contribution is -2.24. The molecule has 2 heterocycles. The second kappa shape index (κ2) is 6.09. The maximum absolute atomic E-state index is 13.0. The Morgan fingerprint density at radius 3 is 2.54 bits per heavy atom. The van der Waals surface area contributed by atoms with Crippen LogP contribution in [-0.4, -0.2) is 10.5 Å². The molecule has 0 bridgehead atoms. The van der Waals surface area contributed by atoms with Gasteiger partial charge in [0, 0.05) is 27.8 Å². The molecule has 5 heteroatoms. The first-order chi connectivity index (χ1) is 12.3. The number of benzene rings is 2. The van der Waals surface area contributed by atoms with Gasteiger partial charge >= 0.3 is 0 Å². The quantitative estimate of drug-likeness (QED) is 0.662. The number of hydrogen-bond acceptors (Lipinski definition) is 2. The maximum atomic E-state index is 13.0. The summed E-state index contributed by atoms with van der Waals surface area (Å²) < 4.78 is 2.92. The minimum absolute atomic E-state index is 0.175. The zero-order chi connectivity index (χ0) is 18.6. The molecule has 1 aromatic heterocycles. The summed E-state index contributed by atoms with van der Waals surface area (Å²) in [6, 6.07) is 9.93. The van der Waals surface area contributed by atoms with E-state index in [9.17, 15) is 9.59 Å². The SMILES string of the molecule is Cc1cc(C)cc(NC(=O)c2cn3c4c(cc(Br)cc4c2=O)C[C@@H]3C)c1. The highest BCUT2D eigenvalue weighted by atomic mass is 79.9. The first-order valence-corrected chi connectivity index (χ1v) is 9.39. The molecule has 0 unspecified atom stereocenters. The van der Waals surface area contributed by atoms with Crippen molar-refractivity contribution >= 4 is 38.4 Å². The van der Waals surface area contributed by atoms with Crippen LogP contribution in [0.25, 0.3) is 10.9 Å². The fraction of sp³-hybridized carbons (Fsp3) is 0.238. The van der Waals surface area contributed by atoms with Crippen molar-refractivity contribution in [3.63, 3.8) is 0 Å². The van der Waals surface area contributed by atoms with Gasteiger partial charge in [0.1, 0.15) is 5.56 Å². The zero-order valence-electron chi connectivity index (χ0n) is 14.9. The number of amides is 1. The second-order valence-corrected chi connectivity index (χ2v) is 8.04. The molecule has 2 aromatic carbocycles. The van der Waals surface area contributed by atoms with Gasteiger partial charge in [-0.1, -0.05) is 22.0 Å². The van der Waals surface area contributed by atoms with Gasteiger partial charge in [-0.05, 0) is 68.1 Å². The summed E-state index contributed by atoms with van der Waals surface area (Å²) in [4.78, 5) is 25.8. The van der Waals surface area contributed by atoms with Crippen molar-refractivity contribution in [2.75, 3.05) is 5.32 Å². The third-order valence-electron chi connectivity index (χ3n) is 4.88. The lowest BCUT2D eigenvalue weighted by atomic mass is 10.1. The molecule has 0 saturated carbocycles. The van der Waals surface area contributed by atoms with Crippen molar-refractivity contribution in [1.29, 1.82) is 0 Å². The highest BCUT2D eigenvalue weighted by Gasteiger charge is 2.25. The van der Waals surface area contributed by atoms with Crippen LogP contribution in [0.15, 0.2) is 45.8 Å². The Bertz CT molecular complexity index is 1110. The summed E-state index contributed by atoms with van der Waals surface area (Å²) in [5.41, 5.74) is 4.86. The van der Waals surface area contributed by atoms with Crippen LogP contribution in [0.2, 0.25) is 0 Å². The molecule has 0 spiro atoms. The molecule has 1 atom stereocenters. The summed E-state index contributed by atoms with van der Waals surface area (Å²) in [7, 11) is 0. The van der Waals surface area contributed by atoms with Crippen molar-refractivity contribution in [2.24, 2.45) is 0 Å². The predicted octanol–water partition coefficient (Wildman–Crippen LogP) is 4.75. The van der Waals surface area contributed by atoms with Crippen molar-refractivity contribution in [2.45, 2.75) is 33.2 Å². The van der Waals surface area contributed by atoms with E-state index in [1.54, 1.807) is 6.20 Å². The average Bonchev–Trinajstić information content (AvgIpc) is 2.85. The van der Waals surface area contributed by atoms with E-state index in [-0.39, 0.29) is 22.9 Å². The Kier molecular flexibility index (Phi) is 3.99. The van der Waals surface area contributed by atoms with Gasteiger partial charge in [0.05, 0.1) is 5.52 Å². The largest absolute Gasteiger partial charge is 0.343 e. The van der Waals surface area contributed by atoms with Crippen LogP contribution in [0.1, 0.15) is 40.0 Å². The number of carbonyl (C=O) groups is 1. The highest BCUT2D eigenvalue weighted by Crippen LogP contribution is 2.33. The smallest absolute Gasteiger partial charge is 0.261 e. The van der Waals surface area contributed by atoms with E-state index in [2.05, 4.69) is 38.8 Å². The molecule has 0 aliphatic carbocycles. The van der Waals surface area contributed by atoms with Gasteiger partial charge in [0.2, 0.25) is 5.43 Å². The molecule has 1 aliphatic heterocycles. The summed E-state index contributed by atoms with van der Waals surface area (Å²) in [6.45, 7) is 6.06. The number of aromatic nitrogens is 1. The third kappa shape index (κ3) is 2.76. The van der Waals surface area contributed by atoms with E-state index in [1.807, 2.05) is 38.1 Å². The number of aryl methyl sites for hydroxylation is 2. The lowest BCUT2D eigenvalue weighted by molar-refractivity contribution is 0.102. The van der Waals surface area contributed by atoms with Crippen LogP contribution in [-0.2, 0) is 6.42 Å². The fourth-order valence-electron chi connectivity index (χ4n) is 3.87. The molecule has 132 valence electrons. The van der Waals surface area contributed by atoms with Crippen molar-refractivity contribution in [3.8, 4) is 0 Å². The van der Waals surface area contributed by atoms with Gasteiger partial charge in [-0.3, -0.25) is 9.59 Å². The molecule has 0 fully saturated rings. The molecule has 4 rings (SSSR count). The number of rotatable bonds is 2. The van der Waals surface area contributed by atoms with Crippen molar-refractivity contribution in [3.05, 3.63) is 73.5 Å². The summed E-state index contributed by atoms with van der Waals surface area (Å²) in [5.74, 6) is -0.369. The molecule has 4 nitrogen and oxygen atoms in total. The van der Waals surface area contributed by atoms with E-state index < -0.39 is 0 Å². The minimum Gasteiger partial charge on any atom is -0.343 e. The number of nitrogens with zero attached hydrogens (tertiary/aromatic N) is 1. The molecular formula is C21H19BrN2O2. The molecule has 1 amide bonds. The Morgan fingerprint density at radius 2 is 1.85 bits per heavy atom. The zero-order valence-corrected chi connectivity index (χ0v) is 16.5. The maximum Gasteiger partial charge on any atom is 0.261 e. The van der Waals surface area contributed by atoms with Crippen LogP contribution in [0, 0.1) is 13.8 Å². The normalized spacial score (nSPS) is 15.5. The second-order valence-electron chi connectivity index (χ2n) is 7.12. The monoisotopic (exact) mass is 410 g/mol. The summed E-state index contributed by atoms with van der Waals surface area (Å²) >= 11 is 3.48. The number of pyridine rings is 1. The van der Waals surface area contributed by atoms with Crippen LogP contribution >= 0.6 is 15.9 Å².